The molecule has 0 aliphatic rings. The van der Waals surface area contributed by atoms with Crippen molar-refractivity contribution in [2.75, 3.05) is 11.2 Å². The number of furan rings is 1. The maximum Gasteiger partial charge on any atom is 0.260 e. The monoisotopic (exact) mass is 405 g/mol. The number of carbonyl (C=O) groups is 1. The number of anilines is 1. The second-order valence-corrected chi connectivity index (χ2v) is 7.88. The summed E-state index contributed by atoms with van der Waals surface area (Å²) in [5, 5.41) is 9.59. The van der Waals surface area contributed by atoms with E-state index >= 15 is 0 Å². The smallest absolute Gasteiger partial charge is 0.260 e. The molecule has 0 aliphatic heterocycles. The molecule has 0 aliphatic carbocycles. The Morgan fingerprint density at radius 2 is 2.07 bits per heavy atom. The van der Waals surface area contributed by atoms with Crippen molar-refractivity contribution in [3.8, 4) is 6.07 Å². The summed E-state index contributed by atoms with van der Waals surface area (Å²) in [5.74, 6) is 0.482. The number of thiazole rings is 1. The third-order valence-corrected chi connectivity index (χ3v) is 5.98. The van der Waals surface area contributed by atoms with Crippen LogP contribution in [0, 0.1) is 11.3 Å². The number of thioether (sulfide) groups is 1. The van der Waals surface area contributed by atoms with E-state index in [1.807, 2.05) is 24.5 Å². The van der Waals surface area contributed by atoms with Gasteiger partial charge >= 0.3 is 0 Å². The summed E-state index contributed by atoms with van der Waals surface area (Å²) in [6, 6.07) is 18.4. The quantitative estimate of drug-likeness (QED) is 0.420. The second kappa shape index (κ2) is 7.89. The van der Waals surface area contributed by atoms with Crippen LogP contribution >= 0.6 is 23.1 Å². The molecule has 2 aromatic carbocycles. The van der Waals surface area contributed by atoms with Gasteiger partial charge in [0.05, 0.1) is 34.7 Å². The third kappa shape index (κ3) is 3.65. The van der Waals surface area contributed by atoms with Gasteiger partial charge < -0.3 is 4.42 Å². The molecule has 0 unspecified atom stereocenters. The van der Waals surface area contributed by atoms with Crippen LogP contribution in [0.25, 0.3) is 10.2 Å². The number of benzene rings is 2. The highest BCUT2D eigenvalue weighted by Gasteiger charge is 2.23. The molecule has 7 heteroatoms. The summed E-state index contributed by atoms with van der Waals surface area (Å²) >= 11 is 3.14. The van der Waals surface area contributed by atoms with Crippen LogP contribution < -0.4 is 4.90 Å². The van der Waals surface area contributed by atoms with Crippen LogP contribution in [0.5, 0.6) is 0 Å². The average molecular weight is 406 g/mol. The lowest BCUT2D eigenvalue weighted by Gasteiger charge is -2.18. The summed E-state index contributed by atoms with van der Waals surface area (Å²) in [4.78, 5) is 20.7. The molecule has 1 amide bonds. The zero-order valence-electron chi connectivity index (χ0n) is 15.0. The molecule has 138 valence electrons. The number of fused-ring (bicyclic) bond motifs is 1. The molecule has 0 saturated heterocycles. The fourth-order valence-electron chi connectivity index (χ4n) is 2.76. The van der Waals surface area contributed by atoms with E-state index in [-0.39, 0.29) is 12.5 Å². The van der Waals surface area contributed by atoms with Gasteiger partial charge in [0.15, 0.2) is 5.13 Å². The van der Waals surface area contributed by atoms with Gasteiger partial charge in [-0.1, -0.05) is 11.3 Å². The lowest BCUT2D eigenvalue weighted by molar-refractivity contribution is 0.0983. The van der Waals surface area contributed by atoms with Crippen LogP contribution in [0.2, 0.25) is 0 Å². The predicted octanol–water partition coefficient (Wildman–Crippen LogP) is 5.33. The standard InChI is InChI=1S/C21H15N3O2S2/c1-27-17-8-9-18-19(11-17)28-21(23-18)24(13-16-3-2-10-26-16)20(25)15-6-4-14(12-22)5-7-15/h2-11H,13H2,1H3. The highest BCUT2D eigenvalue weighted by molar-refractivity contribution is 7.98. The Labute approximate surface area is 170 Å². The summed E-state index contributed by atoms with van der Waals surface area (Å²) in [6.45, 7) is 0.279. The first-order chi connectivity index (χ1) is 13.7. The zero-order chi connectivity index (χ0) is 19.5. The molecule has 4 rings (SSSR count). The van der Waals surface area contributed by atoms with Crippen molar-refractivity contribution >= 4 is 44.4 Å². The van der Waals surface area contributed by atoms with Gasteiger partial charge in [0.2, 0.25) is 0 Å². The topological polar surface area (TPSA) is 70.1 Å². The summed E-state index contributed by atoms with van der Waals surface area (Å²) < 4.78 is 6.48. The fraction of sp³-hybridized carbons (Fsp3) is 0.0952. The van der Waals surface area contributed by atoms with Gasteiger partial charge in [-0.25, -0.2) is 4.98 Å². The van der Waals surface area contributed by atoms with E-state index in [1.165, 1.54) is 11.3 Å². The molecular formula is C21H15N3O2S2. The van der Waals surface area contributed by atoms with Gasteiger partial charge in [0.25, 0.3) is 5.91 Å². The molecule has 2 heterocycles. The molecule has 0 bridgehead atoms. The Balaban J connectivity index is 1.74. The number of amides is 1. The average Bonchev–Trinajstić information content (AvgIpc) is 3.40. The number of nitriles is 1. The Morgan fingerprint density at radius 1 is 1.25 bits per heavy atom. The van der Waals surface area contributed by atoms with Crippen LogP contribution in [0.1, 0.15) is 21.7 Å². The van der Waals surface area contributed by atoms with Gasteiger partial charge in [0.1, 0.15) is 5.76 Å². The van der Waals surface area contributed by atoms with E-state index in [9.17, 15) is 4.79 Å². The summed E-state index contributed by atoms with van der Waals surface area (Å²) in [6.07, 6.45) is 3.61. The highest BCUT2D eigenvalue weighted by atomic mass is 32.2. The number of rotatable bonds is 5. The first kappa shape index (κ1) is 18.3. The van der Waals surface area contributed by atoms with Gasteiger partial charge in [-0.2, -0.15) is 5.26 Å². The third-order valence-electron chi connectivity index (χ3n) is 4.22. The van der Waals surface area contributed by atoms with Crippen molar-refractivity contribution < 1.29 is 9.21 Å². The fourth-order valence-corrected chi connectivity index (χ4v) is 4.28. The minimum absolute atomic E-state index is 0.190. The van der Waals surface area contributed by atoms with E-state index in [0.717, 1.165) is 15.1 Å². The largest absolute Gasteiger partial charge is 0.467 e. The molecule has 0 spiro atoms. The van der Waals surface area contributed by atoms with Crippen molar-refractivity contribution in [3.05, 3.63) is 77.7 Å². The first-order valence-electron chi connectivity index (χ1n) is 8.47. The molecule has 5 nitrogen and oxygen atoms in total. The first-order valence-corrected chi connectivity index (χ1v) is 10.5. The van der Waals surface area contributed by atoms with Crippen molar-refractivity contribution in [1.29, 1.82) is 5.26 Å². The van der Waals surface area contributed by atoms with E-state index in [1.54, 1.807) is 53.3 Å². The van der Waals surface area contributed by atoms with Gasteiger partial charge in [-0.15, -0.1) is 11.8 Å². The Bertz CT molecular complexity index is 1160. The van der Waals surface area contributed by atoms with Gasteiger partial charge in [-0.3, -0.25) is 9.69 Å². The molecule has 0 atom stereocenters. The summed E-state index contributed by atoms with van der Waals surface area (Å²) in [7, 11) is 0. The molecule has 0 saturated carbocycles. The number of hydrogen-bond acceptors (Lipinski definition) is 6. The Morgan fingerprint density at radius 3 is 2.75 bits per heavy atom. The van der Waals surface area contributed by atoms with Gasteiger partial charge in [-0.05, 0) is 60.9 Å². The Hall–Kier alpha value is -3.08. The molecule has 0 radical (unpaired) electrons. The normalized spacial score (nSPS) is 10.7. The van der Waals surface area contributed by atoms with E-state index < -0.39 is 0 Å². The molecule has 0 N–H and O–H groups in total. The van der Waals surface area contributed by atoms with E-state index in [0.29, 0.717) is 22.0 Å². The molecule has 2 aromatic heterocycles. The maximum atomic E-state index is 13.2. The highest BCUT2D eigenvalue weighted by Crippen LogP contribution is 2.33. The van der Waals surface area contributed by atoms with Crippen LogP contribution in [-0.4, -0.2) is 17.1 Å². The summed E-state index contributed by atoms with van der Waals surface area (Å²) in [5.41, 5.74) is 1.86. The van der Waals surface area contributed by atoms with E-state index in [4.69, 9.17) is 9.68 Å². The molecule has 4 aromatic rings. The molecule has 28 heavy (non-hydrogen) atoms. The minimum atomic E-state index is -0.190. The number of nitrogens with zero attached hydrogens (tertiary/aromatic N) is 3. The molecule has 0 fully saturated rings. The van der Waals surface area contributed by atoms with Crippen molar-refractivity contribution in [1.82, 2.24) is 4.98 Å². The van der Waals surface area contributed by atoms with Crippen molar-refractivity contribution in [2.24, 2.45) is 0 Å². The van der Waals surface area contributed by atoms with Crippen molar-refractivity contribution in [2.45, 2.75) is 11.4 Å². The number of hydrogen-bond donors (Lipinski definition) is 0. The van der Waals surface area contributed by atoms with E-state index in [2.05, 4.69) is 17.1 Å². The predicted molar refractivity (Wildman–Crippen MR) is 112 cm³/mol. The second-order valence-electron chi connectivity index (χ2n) is 5.99. The number of aromatic nitrogens is 1. The maximum absolute atomic E-state index is 13.2. The zero-order valence-corrected chi connectivity index (χ0v) is 16.6. The van der Waals surface area contributed by atoms with Crippen LogP contribution in [0.3, 0.4) is 0 Å². The lowest BCUT2D eigenvalue weighted by Crippen LogP contribution is -2.30. The van der Waals surface area contributed by atoms with Gasteiger partial charge in [0, 0.05) is 10.5 Å². The SMILES string of the molecule is CSc1ccc2nc(N(Cc3ccco3)C(=O)c3ccc(C#N)cc3)sc2c1. The Kier molecular flexibility index (Phi) is 5.15. The van der Waals surface area contributed by atoms with Crippen molar-refractivity contribution in [3.63, 3.8) is 0 Å². The van der Waals surface area contributed by atoms with Crippen LogP contribution in [-0.2, 0) is 6.54 Å². The van der Waals surface area contributed by atoms with Crippen LogP contribution in [0.15, 0.2) is 70.2 Å². The number of carbonyl (C=O) groups excluding carboxylic acids is 1. The van der Waals surface area contributed by atoms with Crippen LogP contribution in [0.4, 0.5) is 5.13 Å². The molecular weight excluding hydrogens is 390 g/mol. The minimum Gasteiger partial charge on any atom is -0.467 e. The lowest BCUT2D eigenvalue weighted by atomic mass is 10.1.